The molecule has 0 spiro atoms. The van der Waals surface area contributed by atoms with Gasteiger partial charge in [-0.15, -0.1) is 0 Å². The third-order valence-corrected chi connectivity index (χ3v) is 3.78. The van der Waals surface area contributed by atoms with Crippen LogP contribution in [0, 0.1) is 0 Å². The van der Waals surface area contributed by atoms with E-state index in [1.54, 1.807) is 0 Å². The van der Waals surface area contributed by atoms with Gasteiger partial charge in [0.1, 0.15) is 0 Å². The minimum absolute atomic E-state index is 0.114. The van der Waals surface area contributed by atoms with Crippen LogP contribution in [0.3, 0.4) is 0 Å². The number of hydrogen-bond acceptors (Lipinski definition) is 3. The lowest BCUT2D eigenvalue weighted by Gasteiger charge is -2.19. The van der Waals surface area contributed by atoms with Gasteiger partial charge in [-0.1, -0.05) is 12.1 Å². The molecule has 3 rings (SSSR count). The fraction of sp³-hybridized carbons (Fsp3) is 0.400. The Bertz CT molecular complexity index is 545. The van der Waals surface area contributed by atoms with Crippen LogP contribution in [0.15, 0.2) is 36.7 Å². The summed E-state index contributed by atoms with van der Waals surface area (Å²) >= 11 is 0. The van der Waals surface area contributed by atoms with Crippen LogP contribution in [0.25, 0.3) is 0 Å². The molecule has 2 aromatic rings. The van der Waals surface area contributed by atoms with E-state index in [1.807, 2.05) is 30.1 Å². The number of anilines is 1. The molecule has 0 bridgehead atoms. The molecule has 1 aliphatic heterocycles. The Morgan fingerprint density at radius 2 is 2.26 bits per heavy atom. The van der Waals surface area contributed by atoms with Crippen LogP contribution < -0.4 is 10.6 Å². The second-order valence-corrected chi connectivity index (χ2v) is 5.18. The molecule has 0 saturated heterocycles. The number of nitrogens with zero attached hydrogens (tertiary/aromatic N) is 3. The molecule has 0 aliphatic carbocycles. The van der Waals surface area contributed by atoms with E-state index in [1.165, 1.54) is 16.8 Å². The highest BCUT2D eigenvalue weighted by atomic mass is 15.3. The van der Waals surface area contributed by atoms with E-state index in [-0.39, 0.29) is 6.04 Å². The maximum Gasteiger partial charge on any atom is 0.0584 e. The topological polar surface area (TPSA) is 47.1 Å². The maximum absolute atomic E-state index is 5.94. The molecule has 0 radical (unpaired) electrons. The number of fused-ring (bicyclic) bond motifs is 1. The Morgan fingerprint density at radius 3 is 3.00 bits per heavy atom. The molecule has 2 N–H and O–H groups in total. The van der Waals surface area contributed by atoms with Crippen LogP contribution in [0.4, 0.5) is 5.69 Å². The number of nitrogens with two attached hydrogens (primary N) is 1. The average Bonchev–Trinajstić information content (AvgIpc) is 3.05. The minimum Gasteiger partial charge on any atom is -0.369 e. The second kappa shape index (κ2) is 5.05. The molecular weight excluding hydrogens is 236 g/mol. The summed E-state index contributed by atoms with van der Waals surface area (Å²) in [5.41, 5.74) is 9.95. The van der Waals surface area contributed by atoms with Crippen LogP contribution in [0.1, 0.15) is 24.1 Å². The van der Waals surface area contributed by atoms with Crippen molar-refractivity contribution in [1.29, 1.82) is 0 Å². The SMILES string of the molecule is CC(N)c1ccc2c(c1)CCN2CCn1cccn1. The summed E-state index contributed by atoms with van der Waals surface area (Å²) in [6.45, 7) is 5.07. The van der Waals surface area contributed by atoms with Crippen LogP contribution >= 0.6 is 0 Å². The van der Waals surface area contributed by atoms with Crippen LogP contribution in [-0.2, 0) is 13.0 Å². The maximum atomic E-state index is 5.94. The summed E-state index contributed by atoms with van der Waals surface area (Å²) < 4.78 is 1.98. The van der Waals surface area contributed by atoms with Crippen molar-refractivity contribution in [2.75, 3.05) is 18.0 Å². The molecule has 1 aliphatic rings. The van der Waals surface area contributed by atoms with E-state index in [2.05, 4.69) is 28.2 Å². The van der Waals surface area contributed by atoms with Crippen molar-refractivity contribution in [2.24, 2.45) is 5.73 Å². The van der Waals surface area contributed by atoms with Crippen molar-refractivity contribution >= 4 is 5.69 Å². The smallest absolute Gasteiger partial charge is 0.0584 e. The van der Waals surface area contributed by atoms with Crippen LogP contribution in [-0.4, -0.2) is 22.9 Å². The van der Waals surface area contributed by atoms with Crippen LogP contribution in [0.2, 0.25) is 0 Å². The standard InChI is InChI=1S/C15H20N4/c1-12(16)13-3-4-15-14(11-13)5-8-18(15)9-10-19-7-2-6-17-19/h2-4,6-7,11-12H,5,8-10,16H2,1H3. The molecule has 2 heterocycles. The lowest BCUT2D eigenvalue weighted by molar-refractivity contribution is 0.602. The van der Waals surface area contributed by atoms with Gasteiger partial charge in [0, 0.05) is 37.2 Å². The summed E-state index contributed by atoms with van der Waals surface area (Å²) in [6, 6.07) is 8.70. The number of aromatic nitrogens is 2. The van der Waals surface area contributed by atoms with E-state index in [0.29, 0.717) is 0 Å². The van der Waals surface area contributed by atoms with E-state index >= 15 is 0 Å². The predicted octanol–water partition coefficient (Wildman–Crippen LogP) is 1.97. The molecule has 0 saturated carbocycles. The van der Waals surface area contributed by atoms with Gasteiger partial charge in [-0.3, -0.25) is 4.68 Å². The van der Waals surface area contributed by atoms with E-state index in [0.717, 1.165) is 26.1 Å². The highest BCUT2D eigenvalue weighted by Crippen LogP contribution is 2.29. The Labute approximate surface area is 113 Å². The molecule has 19 heavy (non-hydrogen) atoms. The monoisotopic (exact) mass is 256 g/mol. The fourth-order valence-electron chi connectivity index (χ4n) is 2.66. The normalized spacial score (nSPS) is 15.6. The van der Waals surface area contributed by atoms with Crippen molar-refractivity contribution in [1.82, 2.24) is 9.78 Å². The molecule has 0 fully saturated rings. The molecule has 1 aromatic carbocycles. The van der Waals surface area contributed by atoms with E-state index in [9.17, 15) is 0 Å². The zero-order valence-corrected chi connectivity index (χ0v) is 11.3. The van der Waals surface area contributed by atoms with Gasteiger partial charge in [-0.05, 0) is 36.6 Å². The number of rotatable bonds is 4. The first kappa shape index (κ1) is 12.2. The Hall–Kier alpha value is -1.81. The van der Waals surface area contributed by atoms with Crippen molar-refractivity contribution in [3.8, 4) is 0 Å². The van der Waals surface area contributed by atoms with Gasteiger partial charge in [0.2, 0.25) is 0 Å². The third-order valence-electron chi connectivity index (χ3n) is 3.78. The first-order valence-corrected chi connectivity index (χ1v) is 6.85. The molecule has 0 amide bonds. The molecule has 1 aromatic heterocycles. The van der Waals surface area contributed by atoms with Gasteiger partial charge in [0.05, 0.1) is 6.54 Å². The van der Waals surface area contributed by atoms with Gasteiger partial charge >= 0.3 is 0 Å². The molecule has 1 atom stereocenters. The highest BCUT2D eigenvalue weighted by molar-refractivity contribution is 5.59. The minimum atomic E-state index is 0.114. The van der Waals surface area contributed by atoms with Crippen molar-refractivity contribution in [3.63, 3.8) is 0 Å². The van der Waals surface area contributed by atoms with E-state index in [4.69, 9.17) is 5.73 Å². The first-order chi connectivity index (χ1) is 9.24. The Balaban J connectivity index is 1.71. The summed E-state index contributed by atoms with van der Waals surface area (Å²) in [5.74, 6) is 0. The highest BCUT2D eigenvalue weighted by Gasteiger charge is 2.19. The lowest BCUT2D eigenvalue weighted by Crippen LogP contribution is -2.25. The molecule has 100 valence electrons. The molecular formula is C15H20N4. The van der Waals surface area contributed by atoms with Crippen molar-refractivity contribution in [3.05, 3.63) is 47.8 Å². The quantitative estimate of drug-likeness (QED) is 0.909. The zero-order valence-electron chi connectivity index (χ0n) is 11.3. The average molecular weight is 256 g/mol. The Kier molecular flexibility index (Phi) is 3.25. The van der Waals surface area contributed by atoms with Gasteiger partial charge in [-0.2, -0.15) is 5.10 Å². The molecule has 4 nitrogen and oxygen atoms in total. The number of hydrogen-bond donors (Lipinski definition) is 1. The van der Waals surface area contributed by atoms with Gasteiger partial charge in [-0.25, -0.2) is 0 Å². The number of benzene rings is 1. The fourth-order valence-corrected chi connectivity index (χ4v) is 2.66. The van der Waals surface area contributed by atoms with Crippen molar-refractivity contribution in [2.45, 2.75) is 25.9 Å². The summed E-state index contributed by atoms with van der Waals surface area (Å²) in [4.78, 5) is 2.43. The predicted molar refractivity (Wildman–Crippen MR) is 77.2 cm³/mol. The largest absolute Gasteiger partial charge is 0.369 e. The summed E-state index contributed by atoms with van der Waals surface area (Å²) in [6.07, 6.45) is 4.96. The van der Waals surface area contributed by atoms with Gasteiger partial charge in [0.25, 0.3) is 0 Å². The molecule has 4 heteroatoms. The van der Waals surface area contributed by atoms with Gasteiger partial charge in [0.15, 0.2) is 0 Å². The van der Waals surface area contributed by atoms with Crippen LogP contribution in [0.5, 0.6) is 0 Å². The van der Waals surface area contributed by atoms with Crippen molar-refractivity contribution < 1.29 is 0 Å². The third kappa shape index (κ3) is 2.49. The molecule has 1 unspecified atom stereocenters. The first-order valence-electron chi connectivity index (χ1n) is 6.85. The summed E-state index contributed by atoms with van der Waals surface area (Å²) in [5, 5.41) is 4.24. The summed E-state index contributed by atoms with van der Waals surface area (Å²) in [7, 11) is 0. The lowest BCUT2D eigenvalue weighted by atomic mass is 10.0. The Morgan fingerprint density at radius 1 is 1.37 bits per heavy atom. The second-order valence-electron chi connectivity index (χ2n) is 5.18. The van der Waals surface area contributed by atoms with Gasteiger partial charge < -0.3 is 10.6 Å². The van der Waals surface area contributed by atoms with E-state index < -0.39 is 0 Å². The zero-order chi connectivity index (χ0) is 13.2.